The molecule has 0 bridgehead atoms. The fourth-order valence-corrected chi connectivity index (χ4v) is 3.32. The number of anilines is 1. The average Bonchev–Trinajstić information content (AvgIpc) is 3.15. The first kappa shape index (κ1) is 18.2. The largest absolute Gasteiger partial charge is 0.495 e. The number of benzene rings is 1. The Morgan fingerprint density at radius 3 is 2.82 bits per heavy atom. The van der Waals surface area contributed by atoms with Crippen LogP contribution in [-0.2, 0) is 6.54 Å². The third-order valence-corrected chi connectivity index (χ3v) is 4.98. The maximum absolute atomic E-state index is 12.9. The Hall–Kier alpha value is -3.13. The van der Waals surface area contributed by atoms with E-state index >= 15 is 0 Å². The van der Waals surface area contributed by atoms with Gasteiger partial charge in [0.2, 0.25) is 5.78 Å². The molecule has 1 saturated heterocycles. The van der Waals surface area contributed by atoms with Crippen molar-refractivity contribution in [1.29, 1.82) is 0 Å². The van der Waals surface area contributed by atoms with Gasteiger partial charge in [0.15, 0.2) is 0 Å². The van der Waals surface area contributed by atoms with Crippen molar-refractivity contribution >= 4 is 17.4 Å². The number of nitrogens with zero attached hydrogens (tertiary/aromatic N) is 5. The van der Waals surface area contributed by atoms with Gasteiger partial charge in [0, 0.05) is 50.3 Å². The molecule has 28 heavy (non-hydrogen) atoms. The quantitative estimate of drug-likeness (QED) is 0.727. The van der Waals surface area contributed by atoms with E-state index in [0.717, 1.165) is 37.6 Å². The van der Waals surface area contributed by atoms with Crippen LogP contribution < -0.4 is 10.1 Å². The first-order valence-corrected chi connectivity index (χ1v) is 9.32. The molecule has 8 nitrogen and oxygen atoms in total. The van der Waals surface area contributed by atoms with Gasteiger partial charge in [-0.3, -0.25) is 9.20 Å². The lowest BCUT2D eigenvalue weighted by Gasteiger charge is -2.32. The van der Waals surface area contributed by atoms with E-state index in [0.29, 0.717) is 23.6 Å². The summed E-state index contributed by atoms with van der Waals surface area (Å²) in [6.45, 7) is 3.80. The highest BCUT2D eigenvalue weighted by molar-refractivity contribution is 5.95. The molecule has 0 unspecified atom stereocenters. The van der Waals surface area contributed by atoms with E-state index < -0.39 is 0 Å². The molecule has 8 heteroatoms. The molecule has 0 radical (unpaired) electrons. The van der Waals surface area contributed by atoms with E-state index in [2.05, 4.69) is 27.2 Å². The second kappa shape index (κ2) is 7.85. The Bertz CT molecular complexity index is 945. The maximum Gasteiger partial charge on any atom is 0.254 e. The van der Waals surface area contributed by atoms with Crippen molar-refractivity contribution in [3.63, 3.8) is 0 Å². The Morgan fingerprint density at radius 1 is 1.25 bits per heavy atom. The van der Waals surface area contributed by atoms with Gasteiger partial charge in [0.05, 0.1) is 25.0 Å². The standard InChI is InChI=1S/C20H24N6O2/c1-24-8-10-25(11-9-24)19(27)15-4-5-18(28-2)17(12-15)22-13-16-14-26-7-3-6-21-20(26)23-16/h3-7,12,14,22H,8-11,13H2,1-2H3. The molecule has 1 amide bonds. The maximum atomic E-state index is 12.9. The predicted molar refractivity (Wildman–Crippen MR) is 107 cm³/mol. The molecule has 1 aliphatic rings. The number of hydrogen-bond acceptors (Lipinski definition) is 6. The van der Waals surface area contributed by atoms with Crippen molar-refractivity contribution < 1.29 is 9.53 Å². The molecule has 1 fully saturated rings. The number of methoxy groups -OCH3 is 1. The van der Waals surface area contributed by atoms with E-state index in [1.165, 1.54) is 0 Å². The molecular formula is C20H24N6O2. The molecule has 4 rings (SSSR count). The van der Waals surface area contributed by atoms with Gasteiger partial charge in [-0.2, -0.15) is 0 Å². The summed E-state index contributed by atoms with van der Waals surface area (Å²) in [4.78, 5) is 25.7. The summed E-state index contributed by atoms with van der Waals surface area (Å²) in [5, 5.41) is 3.34. The zero-order valence-corrected chi connectivity index (χ0v) is 16.1. The lowest BCUT2D eigenvalue weighted by atomic mass is 10.1. The molecule has 1 aromatic carbocycles. The molecule has 0 saturated carbocycles. The van der Waals surface area contributed by atoms with E-state index in [1.807, 2.05) is 46.0 Å². The Morgan fingerprint density at radius 2 is 2.07 bits per heavy atom. The Labute approximate surface area is 163 Å². The number of fused-ring (bicyclic) bond motifs is 1. The van der Waals surface area contributed by atoms with Gasteiger partial charge >= 0.3 is 0 Å². The van der Waals surface area contributed by atoms with Gasteiger partial charge < -0.3 is 19.9 Å². The van der Waals surface area contributed by atoms with Crippen LogP contribution >= 0.6 is 0 Å². The normalized spacial score (nSPS) is 15.0. The number of piperazine rings is 1. The number of carbonyl (C=O) groups excluding carboxylic acids is 1. The van der Waals surface area contributed by atoms with Crippen LogP contribution in [0.15, 0.2) is 42.9 Å². The smallest absolute Gasteiger partial charge is 0.254 e. The van der Waals surface area contributed by atoms with Crippen molar-refractivity contribution in [3.05, 3.63) is 54.1 Å². The van der Waals surface area contributed by atoms with Crippen LogP contribution in [0.2, 0.25) is 0 Å². The molecule has 3 aromatic rings. The minimum Gasteiger partial charge on any atom is -0.495 e. The van der Waals surface area contributed by atoms with Gasteiger partial charge in [-0.25, -0.2) is 9.97 Å². The monoisotopic (exact) mass is 380 g/mol. The predicted octanol–water partition coefficient (Wildman–Crippen LogP) is 1.74. The van der Waals surface area contributed by atoms with Gasteiger partial charge in [-0.1, -0.05) is 0 Å². The first-order chi connectivity index (χ1) is 13.6. The minimum atomic E-state index is 0.0516. The molecule has 0 atom stereocenters. The van der Waals surface area contributed by atoms with Crippen molar-refractivity contribution in [1.82, 2.24) is 24.2 Å². The number of aromatic nitrogens is 3. The van der Waals surface area contributed by atoms with Crippen LogP contribution in [0.4, 0.5) is 5.69 Å². The summed E-state index contributed by atoms with van der Waals surface area (Å²) in [6.07, 6.45) is 5.56. The van der Waals surface area contributed by atoms with Gasteiger partial charge in [-0.05, 0) is 31.3 Å². The van der Waals surface area contributed by atoms with Crippen molar-refractivity contribution in [3.8, 4) is 5.75 Å². The highest BCUT2D eigenvalue weighted by Crippen LogP contribution is 2.27. The molecule has 0 aliphatic carbocycles. The zero-order chi connectivity index (χ0) is 19.5. The summed E-state index contributed by atoms with van der Waals surface area (Å²) in [5.74, 6) is 1.40. The summed E-state index contributed by atoms with van der Waals surface area (Å²) < 4.78 is 7.33. The van der Waals surface area contributed by atoms with Crippen LogP contribution in [0.3, 0.4) is 0 Å². The van der Waals surface area contributed by atoms with Crippen molar-refractivity contribution in [2.24, 2.45) is 0 Å². The van der Waals surface area contributed by atoms with E-state index in [9.17, 15) is 4.79 Å². The summed E-state index contributed by atoms with van der Waals surface area (Å²) in [7, 11) is 3.70. The van der Waals surface area contributed by atoms with Crippen LogP contribution in [0.1, 0.15) is 16.1 Å². The average molecular weight is 380 g/mol. The highest BCUT2D eigenvalue weighted by Gasteiger charge is 2.21. The van der Waals surface area contributed by atoms with E-state index in [1.54, 1.807) is 13.3 Å². The number of carbonyl (C=O) groups is 1. The number of rotatable bonds is 5. The number of hydrogen-bond donors (Lipinski definition) is 1. The van der Waals surface area contributed by atoms with Crippen LogP contribution in [0.25, 0.3) is 5.78 Å². The number of imidazole rings is 1. The summed E-state index contributed by atoms with van der Waals surface area (Å²) >= 11 is 0. The fraction of sp³-hybridized carbons (Fsp3) is 0.350. The fourth-order valence-electron chi connectivity index (χ4n) is 3.32. The number of ether oxygens (including phenoxy) is 1. The van der Waals surface area contributed by atoms with Gasteiger partial charge in [-0.15, -0.1) is 0 Å². The number of nitrogens with one attached hydrogen (secondary N) is 1. The van der Waals surface area contributed by atoms with E-state index in [-0.39, 0.29) is 5.91 Å². The second-order valence-electron chi connectivity index (χ2n) is 6.92. The topological polar surface area (TPSA) is 75.0 Å². The van der Waals surface area contributed by atoms with Gasteiger partial charge in [0.1, 0.15) is 5.75 Å². The lowest BCUT2D eigenvalue weighted by molar-refractivity contribution is 0.0664. The van der Waals surface area contributed by atoms with Gasteiger partial charge in [0.25, 0.3) is 5.91 Å². The Kier molecular flexibility index (Phi) is 5.12. The summed E-state index contributed by atoms with van der Waals surface area (Å²) in [5.41, 5.74) is 2.29. The zero-order valence-electron chi connectivity index (χ0n) is 16.1. The lowest BCUT2D eigenvalue weighted by Crippen LogP contribution is -2.47. The molecule has 3 heterocycles. The highest BCUT2D eigenvalue weighted by atomic mass is 16.5. The molecule has 0 spiro atoms. The molecule has 1 aliphatic heterocycles. The third kappa shape index (κ3) is 3.77. The number of likely N-dealkylation sites (N-methyl/N-ethyl adjacent to an activating group) is 1. The number of amides is 1. The molecule has 1 N–H and O–H groups in total. The molecular weight excluding hydrogens is 356 g/mol. The Balaban J connectivity index is 1.50. The van der Waals surface area contributed by atoms with Crippen LogP contribution in [0.5, 0.6) is 5.75 Å². The van der Waals surface area contributed by atoms with E-state index in [4.69, 9.17) is 4.74 Å². The SMILES string of the molecule is COc1ccc(C(=O)N2CCN(C)CC2)cc1NCc1cn2cccnc2n1. The van der Waals surface area contributed by atoms with Crippen LogP contribution in [-0.4, -0.2) is 70.4 Å². The minimum absolute atomic E-state index is 0.0516. The third-order valence-electron chi connectivity index (χ3n) is 4.98. The molecule has 2 aromatic heterocycles. The second-order valence-corrected chi connectivity index (χ2v) is 6.92. The molecule has 146 valence electrons. The van der Waals surface area contributed by atoms with Crippen LogP contribution in [0, 0.1) is 0 Å². The van der Waals surface area contributed by atoms with Crippen molar-refractivity contribution in [2.75, 3.05) is 45.7 Å². The first-order valence-electron chi connectivity index (χ1n) is 9.32. The summed E-state index contributed by atoms with van der Waals surface area (Å²) in [6, 6.07) is 7.37. The van der Waals surface area contributed by atoms with Crippen molar-refractivity contribution in [2.45, 2.75) is 6.54 Å².